The summed E-state index contributed by atoms with van der Waals surface area (Å²) in [6.07, 6.45) is 9.10. The van der Waals surface area contributed by atoms with Crippen LogP contribution in [0.25, 0.3) is 11.1 Å². The van der Waals surface area contributed by atoms with Gasteiger partial charge in [-0.3, -0.25) is 0 Å². The molecule has 0 saturated carbocycles. The van der Waals surface area contributed by atoms with Crippen molar-refractivity contribution in [2.75, 3.05) is 0 Å². The number of rotatable bonds is 5. The summed E-state index contributed by atoms with van der Waals surface area (Å²) in [6.45, 7) is 9.00. The molecule has 0 heterocycles. The van der Waals surface area contributed by atoms with E-state index in [-0.39, 0.29) is 5.92 Å². The van der Waals surface area contributed by atoms with Crippen molar-refractivity contribution in [3.63, 3.8) is 0 Å². The van der Waals surface area contributed by atoms with Gasteiger partial charge in [-0.1, -0.05) is 128 Å². The van der Waals surface area contributed by atoms with E-state index in [1.807, 2.05) is 12.1 Å². The first-order chi connectivity index (χ1) is 13.7. The molecule has 4 rings (SSSR count). The Morgan fingerprint density at radius 3 is 1.39 bits per heavy atom. The summed E-state index contributed by atoms with van der Waals surface area (Å²) in [5.41, 5.74) is 5.20. The van der Waals surface area contributed by atoms with Crippen molar-refractivity contribution in [3.05, 3.63) is 145 Å². The average molecular weight is 361 g/mol. The van der Waals surface area contributed by atoms with Crippen LogP contribution < -0.4 is 0 Å². The summed E-state index contributed by atoms with van der Waals surface area (Å²) in [6, 6.07) is 31.3. The van der Waals surface area contributed by atoms with Crippen molar-refractivity contribution in [1.29, 1.82) is 0 Å². The van der Waals surface area contributed by atoms with Gasteiger partial charge in [-0.05, 0) is 27.8 Å². The lowest BCUT2D eigenvalue weighted by molar-refractivity contribution is 0.828. The van der Waals surface area contributed by atoms with Crippen molar-refractivity contribution in [2.24, 2.45) is 5.41 Å². The van der Waals surface area contributed by atoms with Crippen LogP contribution in [-0.4, -0.2) is 0 Å². The lowest BCUT2D eigenvalue weighted by Crippen LogP contribution is -2.21. The van der Waals surface area contributed by atoms with E-state index >= 15 is 0 Å². The molecule has 0 aromatic heterocycles. The second-order valence-corrected chi connectivity index (χ2v) is 7.21. The van der Waals surface area contributed by atoms with Gasteiger partial charge in [0.2, 0.25) is 0 Å². The molecule has 136 valence electrons. The molecule has 0 aliphatic heterocycles. The molecule has 1 aliphatic rings. The molecule has 0 spiro atoms. The SMILES string of the molecule is C=C(c1ccccc1)C1(C(=C)c2ccccc2)C=CC(c2ccccc2)C=C1. The standard InChI is InChI=1S/C28H24/c1-22(24-12-6-3-7-13-24)28(23(2)25-14-8-4-9-15-25)20-18-27(19-21-28)26-16-10-5-11-17-26/h3-21,27H,1-2H2. The maximum atomic E-state index is 4.50. The fraction of sp³-hybridized carbons (Fsp3) is 0.0714. The van der Waals surface area contributed by atoms with Crippen molar-refractivity contribution in [2.45, 2.75) is 5.92 Å². The molecule has 1 aliphatic carbocycles. The van der Waals surface area contributed by atoms with Crippen LogP contribution in [0, 0.1) is 5.41 Å². The second-order valence-electron chi connectivity index (χ2n) is 7.21. The highest BCUT2D eigenvalue weighted by atomic mass is 14.4. The van der Waals surface area contributed by atoms with Crippen LogP contribution in [-0.2, 0) is 0 Å². The molecule has 28 heavy (non-hydrogen) atoms. The topological polar surface area (TPSA) is 0 Å². The Morgan fingerprint density at radius 2 is 0.964 bits per heavy atom. The number of hydrogen-bond donors (Lipinski definition) is 0. The molecule has 3 aromatic carbocycles. The first kappa shape index (κ1) is 18.0. The van der Waals surface area contributed by atoms with E-state index in [0.29, 0.717) is 0 Å². The van der Waals surface area contributed by atoms with Crippen molar-refractivity contribution in [1.82, 2.24) is 0 Å². The van der Waals surface area contributed by atoms with Gasteiger partial charge in [-0.2, -0.15) is 0 Å². The number of allylic oxidation sites excluding steroid dienone is 6. The molecule has 0 bridgehead atoms. The lowest BCUT2D eigenvalue weighted by atomic mass is 9.67. The smallest absolute Gasteiger partial charge is 0.0563 e. The van der Waals surface area contributed by atoms with Gasteiger partial charge < -0.3 is 0 Å². The van der Waals surface area contributed by atoms with Gasteiger partial charge in [0.15, 0.2) is 0 Å². The summed E-state index contributed by atoms with van der Waals surface area (Å²) in [7, 11) is 0. The van der Waals surface area contributed by atoms with Crippen molar-refractivity contribution >= 4 is 11.1 Å². The molecule has 3 aromatic rings. The Kier molecular flexibility index (Phi) is 4.95. The van der Waals surface area contributed by atoms with E-state index in [1.54, 1.807) is 0 Å². The average Bonchev–Trinajstić information content (AvgIpc) is 2.80. The van der Waals surface area contributed by atoms with Gasteiger partial charge in [0.05, 0.1) is 5.41 Å². The van der Waals surface area contributed by atoms with Crippen LogP contribution in [0.1, 0.15) is 22.6 Å². The fourth-order valence-corrected chi connectivity index (χ4v) is 3.87. The van der Waals surface area contributed by atoms with Crippen LogP contribution in [0.3, 0.4) is 0 Å². The normalized spacial score (nSPS) is 15.3. The minimum atomic E-state index is -0.437. The van der Waals surface area contributed by atoms with Crippen molar-refractivity contribution in [3.8, 4) is 0 Å². The lowest BCUT2D eigenvalue weighted by Gasteiger charge is -2.36. The molecule has 0 fully saturated rings. The van der Waals surface area contributed by atoms with Crippen LogP contribution in [0.5, 0.6) is 0 Å². The van der Waals surface area contributed by atoms with Crippen molar-refractivity contribution < 1.29 is 0 Å². The van der Waals surface area contributed by atoms with E-state index in [4.69, 9.17) is 0 Å². The monoisotopic (exact) mass is 360 g/mol. The Labute approximate surface area is 167 Å². The molecular formula is C28H24. The minimum Gasteiger partial charge on any atom is -0.0937 e. The van der Waals surface area contributed by atoms with Gasteiger partial charge in [-0.25, -0.2) is 0 Å². The zero-order chi connectivity index (χ0) is 19.4. The summed E-state index contributed by atoms with van der Waals surface area (Å²) in [4.78, 5) is 0. The molecule has 0 amide bonds. The van der Waals surface area contributed by atoms with Gasteiger partial charge in [0, 0.05) is 5.92 Å². The highest BCUT2D eigenvalue weighted by Crippen LogP contribution is 2.49. The molecule has 0 heteroatoms. The van der Waals surface area contributed by atoms with Crippen LogP contribution in [0.2, 0.25) is 0 Å². The Bertz CT molecular complexity index is 954. The molecule has 0 unspecified atom stereocenters. The molecule has 0 N–H and O–H groups in total. The third kappa shape index (κ3) is 3.30. The predicted octanol–water partition coefficient (Wildman–Crippen LogP) is 7.31. The highest BCUT2D eigenvalue weighted by Gasteiger charge is 2.34. The van der Waals surface area contributed by atoms with Gasteiger partial charge in [0.1, 0.15) is 0 Å². The second kappa shape index (κ2) is 7.70. The van der Waals surface area contributed by atoms with Crippen LogP contribution in [0.15, 0.2) is 128 Å². The van der Waals surface area contributed by atoms with E-state index in [1.165, 1.54) is 5.56 Å². The zero-order valence-corrected chi connectivity index (χ0v) is 16.0. The maximum Gasteiger partial charge on any atom is 0.0563 e. The first-order valence-corrected chi connectivity index (χ1v) is 9.64. The zero-order valence-electron chi connectivity index (χ0n) is 16.0. The number of benzene rings is 3. The minimum absolute atomic E-state index is 0.265. The molecular weight excluding hydrogens is 336 g/mol. The predicted molar refractivity (Wildman–Crippen MR) is 121 cm³/mol. The summed E-state index contributed by atoms with van der Waals surface area (Å²) in [5.74, 6) is 0.265. The quantitative estimate of drug-likeness (QED) is 0.418. The third-order valence-electron chi connectivity index (χ3n) is 5.56. The Hall–Kier alpha value is -3.38. The third-order valence-corrected chi connectivity index (χ3v) is 5.56. The van der Waals surface area contributed by atoms with E-state index in [9.17, 15) is 0 Å². The maximum absolute atomic E-state index is 4.50. The Morgan fingerprint density at radius 1 is 0.571 bits per heavy atom. The molecule has 0 atom stereocenters. The van der Waals surface area contributed by atoms with E-state index in [0.717, 1.165) is 22.3 Å². The highest BCUT2D eigenvalue weighted by molar-refractivity contribution is 5.89. The fourth-order valence-electron chi connectivity index (χ4n) is 3.87. The van der Waals surface area contributed by atoms with Gasteiger partial charge in [-0.15, -0.1) is 0 Å². The summed E-state index contributed by atoms with van der Waals surface area (Å²) in [5, 5.41) is 0. The van der Waals surface area contributed by atoms with E-state index in [2.05, 4.69) is 116 Å². The first-order valence-electron chi connectivity index (χ1n) is 9.64. The van der Waals surface area contributed by atoms with Crippen LogP contribution in [0.4, 0.5) is 0 Å². The summed E-state index contributed by atoms with van der Waals surface area (Å²) < 4.78 is 0. The van der Waals surface area contributed by atoms with Crippen LogP contribution >= 0.6 is 0 Å². The van der Waals surface area contributed by atoms with Gasteiger partial charge >= 0.3 is 0 Å². The largest absolute Gasteiger partial charge is 0.0937 e. The number of hydrogen-bond acceptors (Lipinski definition) is 0. The molecule has 0 nitrogen and oxygen atoms in total. The van der Waals surface area contributed by atoms with E-state index < -0.39 is 5.41 Å². The van der Waals surface area contributed by atoms with Gasteiger partial charge in [0.25, 0.3) is 0 Å². The Balaban J connectivity index is 1.77. The molecule has 0 saturated heterocycles. The molecule has 0 radical (unpaired) electrons. The summed E-state index contributed by atoms with van der Waals surface area (Å²) >= 11 is 0.